The van der Waals surface area contributed by atoms with E-state index in [9.17, 15) is 9.59 Å². The van der Waals surface area contributed by atoms with Crippen LogP contribution >= 0.6 is 0 Å². The van der Waals surface area contributed by atoms with Gasteiger partial charge in [0.1, 0.15) is 5.69 Å². The van der Waals surface area contributed by atoms with Crippen molar-refractivity contribution in [2.24, 2.45) is 0 Å². The highest BCUT2D eigenvalue weighted by Crippen LogP contribution is 2.03. The molecule has 0 atom stereocenters. The van der Waals surface area contributed by atoms with Crippen LogP contribution in [0, 0.1) is 0 Å². The topological polar surface area (TPSA) is 65.5 Å². The molecule has 0 saturated carbocycles. The standard InChI is InChI=1S/C11H13NO4/c1-3-6-16-11(14)9-5-4-8(7-12-9)10(13)15-2/h4-5,7H,3,6H2,1-2H3. The molecule has 0 aromatic carbocycles. The fraction of sp³-hybridized carbons (Fsp3) is 0.364. The van der Waals surface area contributed by atoms with E-state index in [1.54, 1.807) is 0 Å². The summed E-state index contributed by atoms with van der Waals surface area (Å²) in [5.41, 5.74) is 0.482. The van der Waals surface area contributed by atoms with Gasteiger partial charge in [0.15, 0.2) is 0 Å². The highest BCUT2D eigenvalue weighted by molar-refractivity contribution is 5.91. The van der Waals surface area contributed by atoms with E-state index in [0.717, 1.165) is 6.42 Å². The first-order valence-corrected chi connectivity index (χ1v) is 4.90. The van der Waals surface area contributed by atoms with Crippen LogP contribution in [-0.4, -0.2) is 30.6 Å². The molecule has 5 heteroatoms. The smallest absolute Gasteiger partial charge is 0.356 e. The van der Waals surface area contributed by atoms with E-state index in [0.29, 0.717) is 12.2 Å². The Balaban J connectivity index is 2.71. The average Bonchev–Trinajstić information content (AvgIpc) is 2.35. The van der Waals surface area contributed by atoms with Gasteiger partial charge >= 0.3 is 11.9 Å². The molecule has 1 rings (SSSR count). The maximum atomic E-state index is 11.4. The van der Waals surface area contributed by atoms with Crippen molar-refractivity contribution in [2.75, 3.05) is 13.7 Å². The largest absolute Gasteiger partial charge is 0.465 e. The number of ether oxygens (including phenoxy) is 2. The van der Waals surface area contributed by atoms with Crippen LogP contribution in [-0.2, 0) is 9.47 Å². The van der Waals surface area contributed by atoms with Crippen molar-refractivity contribution in [3.05, 3.63) is 29.6 Å². The molecule has 16 heavy (non-hydrogen) atoms. The Kier molecular flexibility index (Phi) is 4.44. The van der Waals surface area contributed by atoms with Crippen LogP contribution in [0.25, 0.3) is 0 Å². The van der Waals surface area contributed by atoms with Gasteiger partial charge in [0.25, 0.3) is 0 Å². The molecule has 1 aromatic heterocycles. The molecule has 0 aliphatic rings. The summed E-state index contributed by atoms with van der Waals surface area (Å²) in [6.07, 6.45) is 2.04. The molecule has 0 fully saturated rings. The third-order valence-electron chi connectivity index (χ3n) is 1.83. The molecule has 0 aliphatic carbocycles. The number of aromatic nitrogens is 1. The van der Waals surface area contributed by atoms with E-state index in [2.05, 4.69) is 9.72 Å². The number of carbonyl (C=O) groups is 2. The van der Waals surface area contributed by atoms with Gasteiger partial charge in [-0.25, -0.2) is 14.6 Å². The van der Waals surface area contributed by atoms with Crippen molar-refractivity contribution in [1.29, 1.82) is 0 Å². The summed E-state index contributed by atoms with van der Waals surface area (Å²) in [6, 6.07) is 2.91. The monoisotopic (exact) mass is 223 g/mol. The fourth-order valence-corrected chi connectivity index (χ4v) is 1.02. The van der Waals surface area contributed by atoms with Crippen LogP contribution < -0.4 is 0 Å². The quantitative estimate of drug-likeness (QED) is 0.722. The molecular weight excluding hydrogens is 210 g/mol. The molecule has 5 nitrogen and oxygen atoms in total. The van der Waals surface area contributed by atoms with E-state index in [-0.39, 0.29) is 5.69 Å². The summed E-state index contributed by atoms with van der Waals surface area (Å²) in [4.78, 5) is 26.3. The van der Waals surface area contributed by atoms with Gasteiger partial charge in [-0.1, -0.05) is 6.92 Å². The lowest BCUT2D eigenvalue weighted by molar-refractivity contribution is 0.0496. The number of hydrogen-bond acceptors (Lipinski definition) is 5. The minimum atomic E-state index is -0.488. The number of pyridine rings is 1. The Hall–Kier alpha value is -1.91. The van der Waals surface area contributed by atoms with E-state index in [1.165, 1.54) is 25.4 Å². The second-order valence-electron chi connectivity index (χ2n) is 3.06. The number of hydrogen-bond donors (Lipinski definition) is 0. The highest BCUT2D eigenvalue weighted by Gasteiger charge is 2.10. The van der Waals surface area contributed by atoms with E-state index in [1.807, 2.05) is 6.92 Å². The molecule has 1 aromatic rings. The van der Waals surface area contributed by atoms with Gasteiger partial charge in [-0.2, -0.15) is 0 Å². The summed E-state index contributed by atoms with van der Waals surface area (Å²) in [5.74, 6) is -0.973. The summed E-state index contributed by atoms with van der Waals surface area (Å²) in [5, 5.41) is 0. The summed E-state index contributed by atoms with van der Waals surface area (Å²) < 4.78 is 9.39. The molecule has 0 aliphatic heterocycles. The number of esters is 2. The maximum absolute atomic E-state index is 11.4. The van der Waals surface area contributed by atoms with Gasteiger partial charge in [-0.05, 0) is 18.6 Å². The van der Waals surface area contributed by atoms with Crippen molar-refractivity contribution in [3.8, 4) is 0 Å². The minimum Gasteiger partial charge on any atom is -0.465 e. The van der Waals surface area contributed by atoms with E-state index >= 15 is 0 Å². The zero-order valence-electron chi connectivity index (χ0n) is 9.23. The third-order valence-corrected chi connectivity index (χ3v) is 1.83. The van der Waals surface area contributed by atoms with Crippen LogP contribution in [0.4, 0.5) is 0 Å². The van der Waals surface area contributed by atoms with Gasteiger partial charge in [-0.3, -0.25) is 0 Å². The summed E-state index contributed by atoms with van der Waals surface area (Å²) >= 11 is 0. The molecular formula is C11H13NO4. The number of carbonyl (C=O) groups excluding carboxylic acids is 2. The van der Waals surface area contributed by atoms with E-state index in [4.69, 9.17) is 4.74 Å². The Morgan fingerprint density at radius 1 is 1.31 bits per heavy atom. The first-order chi connectivity index (χ1) is 7.69. The van der Waals surface area contributed by atoms with Crippen molar-refractivity contribution >= 4 is 11.9 Å². The molecule has 0 unspecified atom stereocenters. The fourth-order valence-electron chi connectivity index (χ4n) is 1.02. The Morgan fingerprint density at radius 3 is 2.56 bits per heavy atom. The van der Waals surface area contributed by atoms with Crippen LogP contribution in [0.2, 0.25) is 0 Å². The molecule has 0 spiro atoms. The first-order valence-electron chi connectivity index (χ1n) is 4.90. The lowest BCUT2D eigenvalue weighted by Gasteiger charge is -2.02. The SMILES string of the molecule is CCCOC(=O)c1ccc(C(=O)OC)cn1. The van der Waals surface area contributed by atoms with Crippen LogP contribution in [0.1, 0.15) is 34.2 Å². The van der Waals surface area contributed by atoms with Crippen LogP contribution in [0.5, 0.6) is 0 Å². The van der Waals surface area contributed by atoms with Crippen molar-refractivity contribution < 1.29 is 19.1 Å². The van der Waals surface area contributed by atoms with Crippen molar-refractivity contribution in [3.63, 3.8) is 0 Å². The molecule has 0 N–H and O–H groups in total. The van der Waals surface area contributed by atoms with Gasteiger partial charge in [0.2, 0.25) is 0 Å². The predicted molar refractivity (Wildman–Crippen MR) is 56.2 cm³/mol. The van der Waals surface area contributed by atoms with Crippen molar-refractivity contribution in [1.82, 2.24) is 4.98 Å². The molecule has 0 amide bonds. The summed E-state index contributed by atoms with van der Waals surface area (Å²) in [6.45, 7) is 2.26. The lowest BCUT2D eigenvalue weighted by Crippen LogP contribution is -2.09. The van der Waals surface area contributed by atoms with Crippen LogP contribution in [0.15, 0.2) is 18.3 Å². The Labute approximate surface area is 93.4 Å². The molecule has 0 bridgehead atoms. The Bertz CT molecular complexity index is 372. The minimum absolute atomic E-state index is 0.182. The molecule has 0 radical (unpaired) electrons. The third kappa shape index (κ3) is 3.05. The first kappa shape index (κ1) is 12.2. The number of rotatable bonds is 4. The molecule has 1 heterocycles. The lowest BCUT2D eigenvalue weighted by atomic mass is 10.2. The maximum Gasteiger partial charge on any atom is 0.356 e. The zero-order chi connectivity index (χ0) is 12.0. The second kappa shape index (κ2) is 5.85. The van der Waals surface area contributed by atoms with Crippen molar-refractivity contribution in [2.45, 2.75) is 13.3 Å². The predicted octanol–water partition coefficient (Wildman–Crippen LogP) is 1.44. The highest BCUT2D eigenvalue weighted by atomic mass is 16.5. The average molecular weight is 223 g/mol. The number of nitrogens with zero attached hydrogens (tertiary/aromatic N) is 1. The van der Waals surface area contributed by atoms with E-state index < -0.39 is 11.9 Å². The number of methoxy groups -OCH3 is 1. The normalized spacial score (nSPS) is 9.62. The van der Waals surface area contributed by atoms with Gasteiger partial charge in [0, 0.05) is 6.20 Å². The molecule has 86 valence electrons. The summed E-state index contributed by atoms with van der Waals surface area (Å²) in [7, 11) is 1.28. The zero-order valence-corrected chi connectivity index (χ0v) is 9.23. The van der Waals surface area contributed by atoms with Gasteiger partial charge < -0.3 is 9.47 Å². The second-order valence-corrected chi connectivity index (χ2v) is 3.06. The molecule has 0 saturated heterocycles. The van der Waals surface area contributed by atoms with Crippen LogP contribution in [0.3, 0.4) is 0 Å². The van der Waals surface area contributed by atoms with Gasteiger partial charge in [0.05, 0.1) is 19.3 Å². The Morgan fingerprint density at radius 2 is 2.06 bits per heavy atom. The van der Waals surface area contributed by atoms with Gasteiger partial charge in [-0.15, -0.1) is 0 Å².